The van der Waals surface area contributed by atoms with E-state index in [1.807, 2.05) is 48.7 Å². The lowest BCUT2D eigenvalue weighted by atomic mass is 10.1. The number of methoxy groups -OCH3 is 1. The summed E-state index contributed by atoms with van der Waals surface area (Å²) in [5, 5.41) is 16.7. The molecule has 0 aliphatic rings. The van der Waals surface area contributed by atoms with Crippen molar-refractivity contribution in [3.05, 3.63) is 59.9 Å². The summed E-state index contributed by atoms with van der Waals surface area (Å²) in [5.74, 6) is 0.670. The Morgan fingerprint density at radius 1 is 1.33 bits per heavy atom. The molecule has 0 fully saturated rings. The van der Waals surface area contributed by atoms with Crippen LogP contribution >= 0.6 is 0 Å². The highest BCUT2D eigenvalue weighted by atomic mass is 16.5. The lowest BCUT2D eigenvalue weighted by Gasteiger charge is -2.14. The van der Waals surface area contributed by atoms with Gasteiger partial charge in [-0.2, -0.15) is 5.10 Å². The molecule has 24 heavy (non-hydrogen) atoms. The highest BCUT2D eigenvalue weighted by Gasteiger charge is 2.15. The van der Waals surface area contributed by atoms with Gasteiger partial charge in [0.15, 0.2) is 0 Å². The number of hydrogen-bond acceptors (Lipinski definition) is 5. The predicted molar refractivity (Wildman–Crippen MR) is 91.4 cm³/mol. The van der Waals surface area contributed by atoms with Crippen molar-refractivity contribution in [1.82, 2.24) is 9.61 Å². The van der Waals surface area contributed by atoms with E-state index in [9.17, 15) is 4.79 Å². The molecule has 0 saturated heterocycles. The van der Waals surface area contributed by atoms with Gasteiger partial charge in [0.25, 0.3) is 0 Å². The smallest absolute Gasteiger partial charge is 0.148 e. The van der Waals surface area contributed by atoms with Crippen molar-refractivity contribution in [3.63, 3.8) is 0 Å². The fourth-order valence-corrected chi connectivity index (χ4v) is 2.60. The first-order valence-electron chi connectivity index (χ1n) is 7.68. The number of nitrogens with zero attached hydrogens (tertiary/aromatic N) is 2. The van der Waals surface area contributed by atoms with Gasteiger partial charge < -0.3 is 20.0 Å². The number of fused-ring (bicyclic) bond motifs is 1. The van der Waals surface area contributed by atoms with Crippen LogP contribution in [-0.4, -0.2) is 34.7 Å². The maximum Gasteiger partial charge on any atom is 0.148 e. The number of hydrogen-bond donors (Lipinski definition) is 2. The van der Waals surface area contributed by atoms with E-state index in [2.05, 4.69) is 10.4 Å². The van der Waals surface area contributed by atoms with Crippen molar-refractivity contribution < 1.29 is 14.6 Å². The van der Waals surface area contributed by atoms with Crippen molar-refractivity contribution in [2.45, 2.75) is 12.5 Å². The summed E-state index contributed by atoms with van der Waals surface area (Å²) in [6, 6.07) is 12.6. The molecule has 2 heterocycles. The molecule has 6 heteroatoms. The minimum absolute atomic E-state index is 0.0517. The van der Waals surface area contributed by atoms with Crippen LogP contribution in [0.15, 0.2) is 48.7 Å². The summed E-state index contributed by atoms with van der Waals surface area (Å²) < 4.78 is 7.01. The Labute approximate surface area is 139 Å². The van der Waals surface area contributed by atoms with Crippen LogP contribution in [0.5, 0.6) is 5.75 Å². The van der Waals surface area contributed by atoms with Crippen LogP contribution in [0.25, 0.3) is 5.52 Å². The Bertz CT molecular complexity index is 811. The Balaban J connectivity index is 1.89. The lowest BCUT2D eigenvalue weighted by Crippen LogP contribution is -2.13. The molecule has 0 saturated carbocycles. The standard InChI is InChI=1S/C18H19N3O3/c1-24-16-9-13(5-7-22)8-14(10-16)19-18(12-23)17-11-15-4-2-3-6-21(15)20-17/h2-4,6,8-12,18-19,22H,5,7H2,1H3. The van der Waals surface area contributed by atoms with E-state index in [0.29, 0.717) is 17.9 Å². The fraction of sp³-hybridized carbons (Fsp3) is 0.222. The van der Waals surface area contributed by atoms with Crippen LogP contribution in [0.2, 0.25) is 0 Å². The zero-order chi connectivity index (χ0) is 16.9. The van der Waals surface area contributed by atoms with Gasteiger partial charge >= 0.3 is 0 Å². The molecule has 1 unspecified atom stereocenters. The molecule has 0 aliphatic heterocycles. The monoisotopic (exact) mass is 325 g/mol. The van der Waals surface area contributed by atoms with Gasteiger partial charge in [0.05, 0.1) is 18.3 Å². The molecule has 3 rings (SSSR count). The van der Waals surface area contributed by atoms with Gasteiger partial charge in [-0.05, 0) is 42.3 Å². The number of aldehydes is 1. The van der Waals surface area contributed by atoms with Gasteiger partial charge in [-0.3, -0.25) is 0 Å². The number of nitrogens with one attached hydrogen (secondary N) is 1. The number of carbonyl (C=O) groups is 1. The largest absolute Gasteiger partial charge is 0.497 e. The molecule has 0 aliphatic carbocycles. The summed E-state index contributed by atoms with van der Waals surface area (Å²) in [6.07, 6.45) is 3.19. The van der Waals surface area contributed by atoms with Gasteiger partial charge in [-0.1, -0.05) is 6.07 Å². The number of carbonyl (C=O) groups excluding carboxylic acids is 1. The van der Waals surface area contributed by atoms with Gasteiger partial charge in [0.2, 0.25) is 0 Å². The Kier molecular flexibility index (Phi) is 4.77. The predicted octanol–water partition coefficient (Wildman–Crippen LogP) is 2.23. The van der Waals surface area contributed by atoms with Crippen molar-refractivity contribution in [2.24, 2.45) is 0 Å². The van der Waals surface area contributed by atoms with Crippen molar-refractivity contribution in [1.29, 1.82) is 0 Å². The Hall–Kier alpha value is -2.86. The number of benzene rings is 1. The quantitative estimate of drug-likeness (QED) is 0.652. The van der Waals surface area contributed by atoms with Crippen LogP contribution in [0.3, 0.4) is 0 Å². The van der Waals surface area contributed by atoms with Gasteiger partial charge in [-0.15, -0.1) is 0 Å². The van der Waals surface area contributed by atoms with E-state index in [1.54, 1.807) is 11.6 Å². The molecule has 3 aromatic rings. The molecule has 6 nitrogen and oxygen atoms in total. The average molecular weight is 325 g/mol. The van der Waals surface area contributed by atoms with E-state index in [0.717, 1.165) is 23.1 Å². The van der Waals surface area contributed by atoms with Crippen LogP contribution in [0, 0.1) is 0 Å². The zero-order valence-electron chi connectivity index (χ0n) is 13.3. The van der Waals surface area contributed by atoms with Crippen LogP contribution < -0.4 is 10.1 Å². The van der Waals surface area contributed by atoms with Crippen molar-refractivity contribution in [3.8, 4) is 5.75 Å². The first kappa shape index (κ1) is 16.0. The molecule has 0 amide bonds. The molecule has 0 bridgehead atoms. The number of aromatic nitrogens is 2. The van der Waals surface area contributed by atoms with E-state index in [-0.39, 0.29) is 6.61 Å². The zero-order valence-corrected chi connectivity index (χ0v) is 13.3. The molecule has 1 aromatic carbocycles. The number of anilines is 1. The van der Waals surface area contributed by atoms with E-state index >= 15 is 0 Å². The first-order chi connectivity index (χ1) is 11.7. The highest BCUT2D eigenvalue weighted by molar-refractivity contribution is 5.68. The Morgan fingerprint density at radius 3 is 2.92 bits per heavy atom. The number of aliphatic hydroxyl groups is 1. The second-order valence-electron chi connectivity index (χ2n) is 5.44. The highest BCUT2D eigenvalue weighted by Crippen LogP contribution is 2.25. The van der Waals surface area contributed by atoms with Crippen LogP contribution in [0.4, 0.5) is 5.69 Å². The van der Waals surface area contributed by atoms with E-state index in [4.69, 9.17) is 9.84 Å². The minimum atomic E-state index is -0.570. The topological polar surface area (TPSA) is 75.9 Å². The second kappa shape index (κ2) is 7.14. The summed E-state index contributed by atoms with van der Waals surface area (Å²) >= 11 is 0. The summed E-state index contributed by atoms with van der Waals surface area (Å²) in [5.41, 5.74) is 3.24. The third-order valence-electron chi connectivity index (χ3n) is 3.77. The molecule has 2 aromatic heterocycles. The molecule has 0 radical (unpaired) electrons. The normalized spacial score (nSPS) is 12.1. The molecular formula is C18H19N3O3. The summed E-state index contributed by atoms with van der Waals surface area (Å²) in [4.78, 5) is 11.6. The third kappa shape index (κ3) is 3.38. The van der Waals surface area contributed by atoms with Crippen molar-refractivity contribution >= 4 is 17.5 Å². The van der Waals surface area contributed by atoms with Crippen LogP contribution in [0.1, 0.15) is 17.3 Å². The number of ether oxygens (including phenoxy) is 1. The Morgan fingerprint density at radius 2 is 2.21 bits per heavy atom. The van der Waals surface area contributed by atoms with Gasteiger partial charge in [0.1, 0.15) is 18.1 Å². The number of rotatable bonds is 7. The fourth-order valence-electron chi connectivity index (χ4n) is 2.60. The minimum Gasteiger partial charge on any atom is -0.497 e. The summed E-state index contributed by atoms with van der Waals surface area (Å²) in [7, 11) is 1.58. The van der Waals surface area contributed by atoms with Gasteiger partial charge in [0, 0.05) is 24.6 Å². The average Bonchev–Trinajstić information content (AvgIpc) is 3.03. The maximum atomic E-state index is 11.6. The van der Waals surface area contributed by atoms with Crippen LogP contribution in [-0.2, 0) is 11.2 Å². The maximum absolute atomic E-state index is 11.6. The molecule has 0 spiro atoms. The second-order valence-corrected chi connectivity index (χ2v) is 5.44. The van der Waals surface area contributed by atoms with E-state index < -0.39 is 6.04 Å². The first-order valence-corrected chi connectivity index (χ1v) is 7.68. The van der Waals surface area contributed by atoms with Crippen molar-refractivity contribution in [2.75, 3.05) is 19.0 Å². The molecular weight excluding hydrogens is 306 g/mol. The lowest BCUT2D eigenvalue weighted by molar-refractivity contribution is -0.108. The summed E-state index contributed by atoms with van der Waals surface area (Å²) in [6.45, 7) is 0.0517. The number of pyridine rings is 1. The third-order valence-corrected chi connectivity index (χ3v) is 3.77. The molecule has 2 N–H and O–H groups in total. The molecule has 1 atom stereocenters. The molecule has 124 valence electrons. The van der Waals surface area contributed by atoms with Gasteiger partial charge in [-0.25, -0.2) is 4.52 Å². The number of aliphatic hydroxyl groups excluding tert-OH is 1. The van der Waals surface area contributed by atoms with E-state index in [1.165, 1.54) is 0 Å². The SMILES string of the molecule is COc1cc(CCO)cc(NC(C=O)c2cc3ccccn3n2)c1.